The molecule has 0 aromatic rings. The third-order valence-corrected chi connectivity index (χ3v) is 3.29. The first kappa shape index (κ1) is 19.5. The number of nitrogens with zero attached hydrogens (tertiary/aromatic N) is 1. The van der Waals surface area contributed by atoms with Gasteiger partial charge in [0.25, 0.3) is 0 Å². The molecule has 0 heterocycles. The molecule has 0 aliphatic carbocycles. The van der Waals surface area contributed by atoms with Crippen molar-refractivity contribution in [3.63, 3.8) is 0 Å². The first-order valence-electron chi connectivity index (χ1n) is 7.44. The molecule has 0 spiro atoms. The average Bonchev–Trinajstić information content (AvgIpc) is 2.47. The number of aliphatic imine (C=N–C) groups is 1. The summed E-state index contributed by atoms with van der Waals surface area (Å²) < 4.78 is 10.9. The van der Waals surface area contributed by atoms with E-state index < -0.39 is 0 Å². The second kappa shape index (κ2) is 16.6. The maximum atomic E-state index is 5.48. The Labute approximate surface area is 128 Å². The Morgan fingerprint density at radius 1 is 1.00 bits per heavy atom. The first-order chi connectivity index (χ1) is 9.85. The van der Waals surface area contributed by atoms with E-state index in [1.165, 1.54) is 12.2 Å². The molecule has 0 rings (SSSR count). The van der Waals surface area contributed by atoms with Crippen LogP contribution in [0.1, 0.15) is 26.2 Å². The Kier molecular flexibility index (Phi) is 16.2. The van der Waals surface area contributed by atoms with Crippen LogP contribution in [0.15, 0.2) is 4.99 Å². The summed E-state index contributed by atoms with van der Waals surface area (Å²) >= 11 is 1.86. The minimum atomic E-state index is 0.658. The second-order valence-electron chi connectivity index (χ2n) is 4.35. The molecule has 2 N–H and O–H groups in total. The second-order valence-corrected chi connectivity index (χ2v) is 5.34. The highest BCUT2D eigenvalue weighted by Gasteiger charge is 1.96. The van der Waals surface area contributed by atoms with Gasteiger partial charge < -0.3 is 20.1 Å². The Balaban J connectivity index is 3.30. The van der Waals surface area contributed by atoms with E-state index in [2.05, 4.69) is 28.8 Å². The lowest BCUT2D eigenvalue weighted by Crippen LogP contribution is -2.39. The number of hydrogen-bond donors (Lipinski definition) is 2. The van der Waals surface area contributed by atoms with Crippen molar-refractivity contribution in [2.45, 2.75) is 26.2 Å². The predicted molar refractivity (Wildman–Crippen MR) is 88.9 cm³/mol. The van der Waals surface area contributed by atoms with Crippen LogP contribution in [-0.4, -0.2) is 64.5 Å². The van der Waals surface area contributed by atoms with Crippen LogP contribution >= 0.6 is 11.8 Å². The van der Waals surface area contributed by atoms with Crippen molar-refractivity contribution in [1.29, 1.82) is 0 Å². The van der Waals surface area contributed by atoms with Gasteiger partial charge in [-0.15, -0.1) is 0 Å². The molecule has 0 saturated heterocycles. The minimum absolute atomic E-state index is 0.658. The Hall–Kier alpha value is -0.460. The number of hydrogen-bond acceptors (Lipinski definition) is 4. The highest BCUT2D eigenvalue weighted by molar-refractivity contribution is 7.98. The Morgan fingerprint density at radius 2 is 1.70 bits per heavy atom. The third kappa shape index (κ3) is 14.0. The molecule has 120 valence electrons. The van der Waals surface area contributed by atoms with E-state index in [-0.39, 0.29) is 0 Å². The van der Waals surface area contributed by atoms with Crippen molar-refractivity contribution in [2.24, 2.45) is 4.99 Å². The van der Waals surface area contributed by atoms with Gasteiger partial charge in [0.15, 0.2) is 5.96 Å². The van der Waals surface area contributed by atoms with Crippen LogP contribution in [0.3, 0.4) is 0 Å². The van der Waals surface area contributed by atoms with Gasteiger partial charge in [-0.1, -0.05) is 13.3 Å². The SMILES string of the molecule is CCCCOCCOCCNC(=NC)NCCCSC. The molecule has 0 amide bonds. The molecule has 0 fully saturated rings. The van der Waals surface area contributed by atoms with Gasteiger partial charge in [-0.3, -0.25) is 4.99 Å². The van der Waals surface area contributed by atoms with Gasteiger partial charge in [0, 0.05) is 26.7 Å². The van der Waals surface area contributed by atoms with Crippen molar-refractivity contribution >= 4 is 17.7 Å². The van der Waals surface area contributed by atoms with Crippen LogP contribution in [0, 0.1) is 0 Å². The van der Waals surface area contributed by atoms with Gasteiger partial charge in [0.1, 0.15) is 0 Å². The summed E-state index contributed by atoms with van der Waals surface area (Å²) in [5.74, 6) is 2.01. The number of ether oxygens (including phenoxy) is 2. The molecule has 0 radical (unpaired) electrons. The number of rotatable bonds is 13. The Bertz CT molecular complexity index is 228. The lowest BCUT2D eigenvalue weighted by Gasteiger charge is -2.11. The van der Waals surface area contributed by atoms with Crippen molar-refractivity contribution in [2.75, 3.05) is 58.6 Å². The largest absolute Gasteiger partial charge is 0.379 e. The van der Waals surface area contributed by atoms with E-state index in [9.17, 15) is 0 Å². The van der Waals surface area contributed by atoms with Gasteiger partial charge in [0.2, 0.25) is 0 Å². The summed E-state index contributed by atoms with van der Waals surface area (Å²) in [6, 6.07) is 0. The molecular formula is C14H31N3O2S. The molecule has 0 atom stereocenters. The quantitative estimate of drug-likeness (QED) is 0.308. The summed E-state index contributed by atoms with van der Waals surface area (Å²) in [5.41, 5.74) is 0. The molecule has 6 heteroatoms. The highest BCUT2D eigenvalue weighted by atomic mass is 32.2. The standard InChI is InChI=1S/C14H31N3O2S/c1-4-5-9-18-11-12-19-10-8-17-14(15-2)16-7-6-13-20-3/h4-13H2,1-3H3,(H2,15,16,17). The van der Waals surface area contributed by atoms with Crippen molar-refractivity contribution in [3.05, 3.63) is 0 Å². The van der Waals surface area contributed by atoms with Gasteiger partial charge in [-0.05, 0) is 24.9 Å². The zero-order chi connectivity index (χ0) is 14.9. The molecule has 0 unspecified atom stereocenters. The number of guanidine groups is 1. The molecule has 0 aliphatic heterocycles. The molecule has 0 saturated carbocycles. The third-order valence-electron chi connectivity index (χ3n) is 2.59. The number of nitrogens with one attached hydrogen (secondary N) is 2. The zero-order valence-electron chi connectivity index (χ0n) is 13.2. The maximum absolute atomic E-state index is 5.48. The normalized spacial score (nSPS) is 11.7. The fourth-order valence-corrected chi connectivity index (χ4v) is 1.89. The molecule has 0 aromatic heterocycles. The summed E-state index contributed by atoms with van der Waals surface area (Å²) in [5, 5.41) is 6.50. The van der Waals surface area contributed by atoms with E-state index in [1.807, 2.05) is 11.8 Å². The zero-order valence-corrected chi connectivity index (χ0v) is 14.1. The molecule has 0 aromatic carbocycles. The fraction of sp³-hybridized carbons (Fsp3) is 0.929. The van der Waals surface area contributed by atoms with E-state index in [4.69, 9.17) is 9.47 Å². The van der Waals surface area contributed by atoms with Crippen LogP contribution in [0.4, 0.5) is 0 Å². The topological polar surface area (TPSA) is 54.9 Å². The van der Waals surface area contributed by atoms with Gasteiger partial charge in [-0.2, -0.15) is 11.8 Å². The van der Waals surface area contributed by atoms with Crippen LogP contribution in [0.25, 0.3) is 0 Å². The molecule has 5 nitrogen and oxygen atoms in total. The highest BCUT2D eigenvalue weighted by Crippen LogP contribution is 1.93. The van der Waals surface area contributed by atoms with E-state index >= 15 is 0 Å². The van der Waals surface area contributed by atoms with E-state index in [0.717, 1.165) is 38.5 Å². The van der Waals surface area contributed by atoms with Gasteiger partial charge in [0.05, 0.1) is 19.8 Å². The van der Waals surface area contributed by atoms with Crippen molar-refractivity contribution in [3.8, 4) is 0 Å². The lowest BCUT2D eigenvalue weighted by molar-refractivity contribution is 0.0487. The molecule has 20 heavy (non-hydrogen) atoms. The van der Waals surface area contributed by atoms with Crippen LogP contribution in [-0.2, 0) is 9.47 Å². The maximum Gasteiger partial charge on any atom is 0.191 e. The molecule has 0 bridgehead atoms. The van der Waals surface area contributed by atoms with E-state index in [0.29, 0.717) is 19.8 Å². The average molecular weight is 305 g/mol. The van der Waals surface area contributed by atoms with Crippen molar-refractivity contribution < 1.29 is 9.47 Å². The number of thioether (sulfide) groups is 1. The predicted octanol–water partition coefficient (Wildman–Crippen LogP) is 1.74. The van der Waals surface area contributed by atoms with Gasteiger partial charge in [-0.25, -0.2) is 0 Å². The molecular weight excluding hydrogens is 274 g/mol. The van der Waals surface area contributed by atoms with Crippen molar-refractivity contribution in [1.82, 2.24) is 10.6 Å². The lowest BCUT2D eigenvalue weighted by atomic mass is 10.4. The summed E-state index contributed by atoms with van der Waals surface area (Å²) in [7, 11) is 1.78. The van der Waals surface area contributed by atoms with E-state index in [1.54, 1.807) is 7.05 Å². The molecule has 0 aliphatic rings. The summed E-state index contributed by atoms with van der Waals surface area (Å²) in [6.45, 7) is 6.72. The Morgan fingerprint density at radius 3 is 2.35 bits per heavy atom. The van der Waals surface area contributed by atoms with Gasteiger partial charge >= 0.3 is 0 Å². The smallest absolute Gasteiger partial charge is 0.191 e. The van der Waals surface area contributed by atoms with Crippen LogP contribution in [0.2, 0.25) is 0 Å². The van der Waals surface area contributed by atoms with Crippen LogP contribution in [0.5, 0.6) is 0 Å². The summed E-state index contributed by atoms with van der Waals surface area (Å²) in [6.07, 6.45) is 5.57. The number of unbranched alkanes of at least 4 members (excludes halogenated alkanes) is 1. The summed E-state index contributed by atoms with van der Waals surface area (Å²) in [4.78, 5) is 4.16. The minimum Gasteiger partial charge on any atom is -0.379 e. The monoisotopic (exact) mass is 305 g/mol. The fourth-order valence-electron chi connectivity index (χ4n) is 1.45. The van der Waals surface area contributed by atoms with Crippen LogP contribution < -0.4 is 10.6 Å². The first-order valence-corrected chi connectivity index (χ1v) is 8.83.